The van der Waals surface area contributed by atoms with Gasteiger partial charge in [-0.3, -0.25) is 4.79 Å². The monoisotopic (exact) mass is 378 g/mol. The molecule has 1 aromatic heterocycles. The van der Waals surface area contributed by atoms with Crippen LogP contribution in [0.5, 0.6) is 0 Å². The SMILES string of the molecule is Cc1ccc(C)c(S(=O)(=O)N2CCC[C@@H]2CNC(=O)c2cccs2)c1. The van der Waals surface area contributed by atoms with Crippen LogP contribution in [0.25, 0.3) is 0 Å². The molecule has 1 atom stereocenters. The van der Waals surface area contributed by atoms with Crippen LogP contribution in [0.1, 0.15) is 33.6 Å². The van der Waals surface area contributed by atoms with Crippen LogP contribution in [0.2, 0.25) is 0 Å². The number of aryl methyl sites for hydroxylation is 2. The highest BCUT2D eigenvalue weighted by Crippen LogP contribution is 2.28. The zero-order chi connectivity index (χ0) is 18.0. The van der Waals surface area contributed by atoms with Crippen molar-refractivity contribution in [3.63, 3.8) is 0 Å². The second-order valence-corrected chi connectivity index (χ2v) is 9.17. The lowest BCUT2D eigenvalue weighted by atomic mass is 10.2. The summed E-state index contributed by atoms with van der Waals surface area (Å²) >= 11 is 1.38. The van der Waals surface area contributed by atoms with Gasteiger partial charge in [-0.05, 0) is 55.3 Å². The molecule has 7 heteroatoms. The third-order valence-electron chi connectivity index (χ3n) is 4.50. The first kappa shape index (κ1) is 18.1. The predicted molar refractivity (Wildman–Crippen MR) is 99.5 cm³/mol. The summed E-state index contributed by atoms with van der Waals surface area (Å²) in [4.78, 5) is 13.1. The number of nitrogens with one attached hydrogen (secondary N) is 1. The predicted octanol–water partition coefficient (Wildman–Crippen LogP) is 2.95. The molecule has 25 heavy (non-hydrogen) atoms. The van der Waals surface area contributed by atoms with Gasteiger partial charge in [0, 0.05) is 19.1 Å². The molecule has 1 aromatic carbocycles. The molecule has 2 aromatic rings. The summed E-state index contributed by atoms with van der Waals surface area (Å²) in [5.74, 6) is -0.147. The summed E-state index contributed by atoms with van der Waals surface area (Å²) in [6, 6.07) is 8.87. The lowest BCUT2D eigenvalue weighted by Crippen LogP contribution is -2.43. The van der Waals surface area contributed by atoms with Crippen LogP contribution < -0.4 is 5.32 Å². The Balaban J connectivity index is 1.76. The number of sulfonamides is 1. The fraction of sp³-hybridized carbons (Fsp3) is 0.389. The van der Waals surface area contributed by atoms with Crippen LogP contribution in [0.15, 0.2) is 40.6 Å². The van der Waals surface area contributed by atoms with Gasteiger partial charge in [0.05, 0.1) is 9.77 Å². The number of hydrogen-bond acceptors (Lipinski definition) is 4. The van der Waals surface area contributed by atoms with E-state index in [1.54, 1.807) is 16.4 Å². The van der Waals surface area contributed by atoms with Gasteiger partial charge in [0.25, 0.3) is 5.91 Å². The molecule has 1 amide bonds. The van der Waals surface area contributed by atoms with Gasteiger partial charge >= 0.3 is 0 Å². The molecule has 5 nitrogen and oxygen atoms in total. The molecule has 2 heterocycles. The number of carbonyl (C=O) groups excluding carboxylic acids is 1. The number of carbonyl (C=O) groups is 1. The Morgan fingerprint density at radius 3 is 2.84 bits per heavy atom. The van der Waals surface area contributed by atoms with Crippen LogP contribution in [0.4, 0.5) is 0 Å². The van der Waals surface area contributed by atoms with E-state index < -0.39 is 10.0 Å². The molecule has 0 saturated carbocycles. The van der Waals surface area contributed by atoms with Gasteiger partial charge in [-0.2, -0.15) is 4.31 Å². The Hall–Kier alpha value is -1.70. The molecule has 0 spiro atoms. The summed E-state index contributed by atoms with van der Waals surface area (Å²) in [6.45, 7) is 4.53. The maximum Gasteiger partial charge on any atom is 0.261 e. The number of amides is 1. The molecule has 0 bridgehead atoms. The molecule has 1 aliphatic rings. The Morgan fingerprint density at radius 2 is 2.12 bits per heavy atom. The van der Waals surface area contributed by atoms with Crippen LogP contribution in [0, 0.1) is 13.8 Å². The van der Waals surface area contributed by atoms with Crippen molar-refractivity contribution < 1.29 is 13.2 Å². The number of hydrogen-bond donors (Lipinski definition) is 1. The molecule has 0 unspecified atom stereocenters. The van der Waals surface area contributed by atoms with Crippen molar-refractivity contribution >= 4 is 27.3 Å². The summed E-state index contributed by atoms with van der Waals surface area (Å²) < 4.78 is 27.8. The van der Waals surface area contributed by atoms with E-state index in [0.717, 1.165) is 24.0 Å². The summed E-state index contributed by atoms with van der Waals surface area (Å²) in [5, 5.41) is 4.72. The van der Waals surface area contributed by atoms with Crippen molar-refractivity contribution in [3.05, 3.63) is 51.7 Å². The quantitative estimate of drug-likeness (QED) is 0.870. The van der Waals surface area contributed by atoms with Gasteiger partial charge in [-0.15, -0.1) is 11.3 Å². The van der Waals surface area contributed by atoms with Gasteiger partial charge in [0.2, 0.25) is 10.0 Å². The van der Waals surface area contributed by atoms with Crippen molar-refractivity contribution in [1.29, 1.82) is 0 Å². The molecule has 0 radical (unpaired) electrons. The summed E-state index contributed by atoms with van der Waals surface area (Å²) in [5.41, 5.74) is 1.67. The molecule has 1 N–H and O–H groups in total. The van der Waals surface area contributed by atoms with E-state index in [1.807, 2.05) is 37.4 Å². The number of thiophene rings is 1. The van der Waals surface area contributed by atoms with E-state index in [2.05, 4.69) is 5.32 Å². The second-order valence-electron chi connectivity index (χ2n) is 6.37. The van der Waals surface area contributed by atoms with E-state index >= 15 is 0 Å². The van der Waals surface area contributed by atoms with Crippen molar-refractivity contribution in [2.45, 2.75) is 37.6 Å². The Kier molecular flexibility index (Phi) is 5.27. The molecule has 1 aliphatic heterocycles. The smallest absolute Gasteiger partial charge is 0.261 e. The van der Waals surface area contributed by atoms with Crippen LogP contribution >= 0.6 is 11.3 Å². The zero-order valence-corrected chi connectivity index (χ0v) is 16.0. The molecule has 1 saturated heterocycles. The van der Waals surface area contributed by atoms with Crippen LogP contribution in [-0.4, -0.2) is 37.8 Å². The van der Waals surface area contributed by atoms with Gasteiger partial charge in [0.15, 0.2) is 0 Å². The van der Waals surface area contributed by atoms with Crippen LogP contribution in [0.3, 0.4) is 0 Å². The molecule has 134 valence electrons. The number of nitrogens with zero attached hydrogens (tertiary/aromatic N) is 1. The van der Waals surface area contributed by atoms with E-state index in [0.29, 0.717) is 22.9 Å². The lowest BCUT2D eigenvalue weighted by molar-refractivity contribution is 0.0950. The van der Waals surface area contributed by atoms with Crippen molar-refractivity contribution in [2.24, 2.45) is 0 Å². The Labute approximate surface area is 152 Å². The average molecular weight is 379 g/mol. The molecular formula is C18H22N2O3S2. The summed E-state index contributed by atoms with van der Waals surface area (Å²) in [6.07, 6.45) is 1.57. The Bertz CT molecular complexity index is 860. The van der Waals surface area contributed by atoms with Crippen LogP contribution in [-0.2, 0) is 10.0 Å². The minimum atomic E-state index is -3.56. The Morgan fingerprint density at radius 1 is 1.32 bits per heavy atom. The molecule has 3 rings (SSSR count). The maximum atomic E-state index is 13.1. The third-order valence-corrected chi connectivity index (χ3v) is 7.46. The van der Waals surface area contributed by atoms with Gasteiger partial charge in [-0.25, -0.2) is 8.42 Å². The van der Waals surface area contributed by atoms with Gasteiger partial charge in [0.1, 0.15) is 0 Å². The second kappa shape index (κ2) is 7.27. The van der Waals surface area contributed by atoms with Crippen molar-refractivity contribution in [3.8, 4) is 0 Å². The number of rotatable bonds is 5. The highest BCUT2D eigenvalue weighted by molar-refractivity contribution is 7.89. The fourth-order valence-corrected chi connectivity index (χ4v) is 5.79. The first-order valence-corrected chi connectivity index (χ1v) is 10.6. The minimum absolute atomic E-state index is 0.147. The molecule has 0 aliphatic carbocycles. The van der Waals surface area contributed by atoms with E-state index in [1.165, 1.54) is 11.3 Å². The molecular weight excluding hydrogens is 356 g/mol. The first-order chi connectivity index (χ1) is 11.9. The molecule has 1 fully saturated rings. The zero-order valence-electron chi connectivity index (χ0n) is 14.4. The summed E-state index contributed by atoms with van der Waals surface area (Å²) in [7, 11) is -3.56. The van der Waals surface area contributed by atoms with Gasteiger partial charge < -0.3 is 5.32 Å². The van der Waals surface area contributed by atoms with Crippen molar-refractivity contribution in [1.82, 2.24) is 9.62 Å². The topological polar surface area (TPSA) is 66.5 Å². The van der Waals surface area contributed by atoms with Gasteiger partial charge in [-0.1, -0.05) is 18.2 Å². The highest BCUT2D eigenvalue weighted by Gasteiger charge is 2.36. The first-order valence-electron chi connectivity index (χ1n) is 8.30. The standard InChI is InChI=1S/C18H22N2O3S2/c1-13-7-8-14(2)17(11-13)25(22,23)20-9-3-5-15(20)12-19-18(21)16-6-4-10-24-16/h4,6-8,10-11,15H,3,5,9,12H2,1-2H3,(H,19,21)/t15-/m1/s1. The minimum Gasteiger partial charge on any atom is -0.350 e. The normalized spacial score (nSPS) is 18.4. The third kappa shape index (κ3) is 3.78. The van der Waals surface area contributed by atoms with E-state index in [4.69, 9.17) is 0 Å². The van der Waals surface area contributed by atoms with E-state index in [9.17, 15) is 13.2 Å². The fourth-order valence-electron chi connectivity index (χ4n) is 3.15. The average Bonchev–Trinajstić information content (AvgIpc) is 3.26. The highest BCUT2D eigenvalue weighted by atomic mass is 32.2. The lowest BCUT2D eigenvalue weighted by Gasteiger charge is -2.25. The number of benzene rings is 1. The maximum absolute atomic E-state index is 13.1. The van der Waals surface area contributed by atoms with Crippen molar-refractivity contribution in [2.75, 3.05) is 13.1 Å². The largest absolute Gasteiger partial charge is 0.350 e. The van der Waals surface area contributed by atoms with E-state index in [-0.39, 0.29) is 11.9 Å².